The second-order valence-corrected chi connectivity index (χ2v) is 4.90. The molecule has 5 nitrogen and oxygen atoms in total. The molecule has 0 spiro atoms. The number of hydrogen-bond donors (Lipinski definition) is 2. The zero-order chi connectivity index (χ0) is 13.8. The number of carboxylic acid groups (broad SMARTS) is 1. The van der Waals surface area contributed by atoms with Crippen molar-refractivity contribution in [1.29, 1.82) is 0 Å². The molecule has 1 heterocycles. The van der Waals surface area contributed by atoms with Crippen LogP contribution in [0.3, 0.4) is 0 Å². The van der Waals surface area contributed by atoms with Gasteiger partial charge in [-0.2, -0.15) is 5.10 Å². The number of aromatic nitrogens is 2. The first-order chi connectivity index (χ1) is 9.11. The molecule has 0 fully saturated rings. The summed E-state index contributed by atoms with van der Waals surface area (Å²) in [6, 6.07) is 7.98. The highest BCUT2D eigenvalue weighted by Gasteiger charge is 2.14. The van der Waals surface area contributed by atoms with E-state index >= 15 is 0 Å². The highest BCUT2D eigenvalue weighted by atomic mass is 32.2. The molecule has 0 saturated carbocycles. The van der Waals surface area contributed by atoms with Gasteiger partial charge in [-0.3, -0.25) is 4.68 Å². The number of aromatic carboxylic acids is 1. The molecule has 0 atom stereocenters. The molecule has 1 aromatic heterocycles. The topological polar surface area (TPSA) is 67.2 Å². The molecule has 0 bridgehead atoms. The fourth-order valence-electron chi connectivity index (χ4n) is 1.77. The van der Waals surface area contributed by atoms with Gasteiger partial charge in [-0.25, -0.2) is 4.79 Å². The van der Waals surface area contributed by atoms with Gasteiger partial charge in [0.2, 0.25) is 0 Å². The van der Waals surface area contributed by atoms with E-state index in [0.717, 1.165) is 10.6 Å². The Kier molecular flexibility index (Phi) is 4.11. The molecule has 2 N–H and O–H groups in total. The average molecular weight is 277 g/mol. The Hall–Kier alpha value is -1.95. The van der Waals surface area contributed by atoms with Crippen LogP contribution in [0.5, 0.6) is 0 Å². The first-order valence-electron chi connectivity index (χ1n) is 5.74. The van der Waals surface area contributed by atoms with Crippen LogP contribution in [0.2, 0.25) is 0 Å². The maximum Gasteiger partial charge on any atom is 0.339 e. The third kappa shape index (κ3) is 3.08. The molecule has 0 aliphatic carbocycles. The lowest BCUT2D eigenvalue weighted by molar-refractivity contribution is 0.0695. The lowest BCUT2D eigenvalue weighted by Gasteiger charge is -2.09. The number of anilines is 1. The van der Waals surface area contributed by atoms with Gasteiger partial charge in [0.15, 0.2) is 0 Å². The third-order valence-corrected chi connectivity index (χ3v) is 3.55. The van der Waals surface area contributed by atoms with Crippen molar-refractivity contribution >= 4 is 23.4 Å². The number of carbonyl (C=O) groups is 1. The molecule has 0 unspecified atom stereocenters. The maximum atomic E-state index is 11.1. The third-order valence-electron chi connectivity index (χ3n) is 2.82. The number of hydrogen-bond acceptors (Lipinski definition) is 4. The highest BCUT2D eigenvalue weighted by Crippen LogP contribution is 2.19. The minimum atomic E-state index is -0.956. The van der Waals surface area contributed by atoms with Crippen LogP contribution in [0.1, 0.15) is 16.1 Å². The Morgan fingerprint density at radius 1 is 1.53 bits per heavy atom. The summed E-state index contributed by atoms with van der Waals surface area (Å²) in [6.45, 7) is 0.427. The zero-order valence-electron chi connectivity index (χ0n) is 10.8. The van der Waals surface area contributed by atoms with E-state index in [1.165, 1.54) is 6.20 Å². The lowest BCUT2D eigenvalue weighted by Crippen LogP contribution is -2.10. The molecule has 2 rings (SSSR count). The molecule has 0 aliphatic heterocycles. The molecule has 19 heavy (non-hydrogen) atoms. The van der Waals surface area contributed by atoms with Gasteiger partial charge in [-0.1, -0.05) is 6.07 Å². The second-order valence-electron chi connectivity index (χ2n) is 4.02. The predicted molar refractivity (Wildman–Crippen MR) is 75.7 cm³/mol. The summed E-state index contributed by atoms with van der Waals surface area (Å²) in [5, 5.41) is 16.3. The van der Waals surface area contributed by atoms with Crippen LogP contribution in [-0.2, 0) is 13.6 Å². The molecule has 1 aromatic carbocycles. The number of nitrogens with one attached hydrogen (secondary N) is 1. The van der Waals surface area contributed by atoms with Crippen molar-refractivity contribution in [2.75, 3.05) is 11.6 Å². The largest absolute Gasteiger partial charge is 0.478 e. The van der Waals surface area contributed by atoms with Crippen LogP contribution >= 0.6 is 11.8 Å². The van der Waals surface area contributed by atoms with Crippen LogP contribution in [0.25, 0.3) is 0 Å². The second kappa shape index (κ2) is 5.79. The number of thioether (sulfide) groups is 1. The molecular formula is C13H15N3O2S. The van der Waals surface area contributed by atoms with Crippen molar-refractivity contribution in [3.8, 4) is 0 Å². The summed E-state index contributed by atoms with van der Waals surface area (Å²) in [5.74, 6) is -0.956. The van der Waals surface area contributed by atoms with Crippen molar-refractivity contribution in [3.05, 3.63) is 41.7 Å². The minimum absolute atomic E-state index is 0.232. The summed E-state index contributed by atoms with van der Waals surface area (Å²) in [7, 11) is 1.74. The fraction of sp³-hybridized carbons (Fsp3) is 0.231. The van der Waals surface area contributed by atoms with Gasteiger partial charge in [0, 0.05) is 17.6 Å². The number of carboxylic acids is 1. The standard InChI is InChI=1S/C13H15N3O2S/c1-16-12(11(7-15-16)13(17)18)8-14-9-4-3-5-10(6-9)19-2/h3-7,14H,8H2,1-2H3,(H,17,18). The van der Waals surface area contributed by atoms with Crippen LogP contribution < -0.4 is 5.32 Å². The van der Waals surface area contributed by atoms with E-state index in [1.54, 1.807) is 23.5 Å². The maximum absolute atomic E-state index is 11.1. The zero-order valence-corrected chi connectivity index (χ0v) is 11.6. The Morgan fingerprint density at radius 2 is 2.32 bits per heavy atom. The molecule has 100 valence electrons. The van der Waals surface area contributed by atoms with E-state index in [4.69, 9.17) is 5.11 Å². The van der Waals surface area contributed by atoms with Crippen molar-refractivity contribution in [2.24, 2.45) is 7.05 Å². The van der Waals surface area contributed by atoms with E-state index in [-0.39, 0.29) is 5.56 Å². The molecule has 6 heteroatoms. The Bertz CT molecular complexity index is 595. The Morgan fingerprint density at radius 3 is 3.00 bits per heavy atom. The van der Waals surface area contributed by atoms with Gasteiger partial charge in [0.25, 0.3) is 0 Å². The molecule has 0 amide bonds. The van der Waals surface area contributed by atoms with E-state index in [0.29, 0.717) is 12.2 Å². The highest BCUT2D eigenvalue weighted by molar-refractivity contribution is 7.98. The van der Waals surface area contributed by atoms with Gasteiger partial charge in [0.05, 0.1) is 18.4 Å². The van der Waals surface area contributed by atoms with Crippen molar-refractivity contribution in [3.63, 3.8) is 0 Å². The van der Waals surface area contributed by atoms with Gasteiger partial charge >= 0.3 is 5.97 Å². The van der Waals surface area contributed by atoms with E-state index in [9.17, 15) is 4.79 Å². The Balaban J connectivity index is 2.14. The predicted octanol–water partition coefficient (Wildman–Crippen LogP) is 2.45. The SMILES string of the molecule is CSc1cccc(NCc2c(C(=O)O)cnn2C)c1. The number of rotatable bonds is 5. The van der Waals surface area contributed by atoms with Crippen LogP contribution in [0.4, 0.5) is 5.69 Å². The smallest absolute Gasteiger partial charge is 0.339 e. The first-order valence-corrected chi connectivity index (χ1v) is 6.96. The number of aryl methyl sites for hydroxylation is 1. The molecule has 0 aliphatic rings. The average Bonchev–Trinajstić information content (AvgIpc) is 2.78. The van der Waals surface area contributed by atoms with Crippen molar-refractivity contribution < 1.29 is 9.90 Å². The number of nitrogens with zero attached hydrogens (tertiary/aromatic N) is 2. The molecule has 0 saturated heterocycles. The summed E-state index contributed by atoms with van der Waals surface area (Å²) in [5.41, 5.74) is 1.85. The first kappa shape index (κ1) is 13.5. The quantitative estimate of drug-likeness (QED) is 0.822. The molecule has 0 radical (unpaired) electrons. The fourth-order valence-corrected chi connectivity index (χ4v) is 2.23. The molecule has 2 aromatic rings. The van der Waals surface area contributed by atoms with Gasteiger partial charge in [0.1, 0.15) is 5.56 Å². The monoisotopic (exact) mass is 277 g/mol. The summed E-state index contributed by atoms with van der Waals surface area (Å²) < 4.78 is 1.58. The Labute approximate surface area is 115 Å². The summed E-state index contributed by atoms with van der Waals surface area (Å²) in [4.78, 5) is 12.2. The van der Waals surface area contributed by atoms with Crippen molar-refractivity contribution in [1.82, 2.24) is 9.78 Å². The van der Waals surface area contributed by atoms with Gasteiger partial charge < -0.3 is 10.4 Å². The van der Waals surface area contributed by atoms with Crippen LogP contribution in [-0.4, -0.2) is 27.1 Å². The van der Waals surface area contributed by atoms with E-state index in [2.05, 4.69) is 10.4 Å². The van der Waals surface area contributed by atoms with Crippen LogP contribution in [0.15, 0.2) is 35.4 Å². The van der Waals surface area contributed by atoms with Gasteiger partial charge in [-0.05, 0) is 24.5 Å². The summed E-state index contributed by atoms with van der Waals surface area (Å²) in [6.07, 6.45) is 3.39. The minimum Gasteiger partial charge on any atom is -0.478 e. The van der Waals surface area contributed by atoms with E-state index < -0.39 is 5.97 Å². The lowest BCUT2D eigenvalue weighted by atomic mass is 10.2. The summed E-state index contributed by atoms with van der Waals surface area (Å²) >= 11 is 1.67. The van der Waals surface area contributed by atoms with Crippen LogP contribution in [0, 0.1) is 0 Å². The van der Waals surface area contributed by atoms with Crippen molar-refractivity contribution in [2.45, 2.75) is 11.4 Å². The number of benzene rings is 1. The van der Waals surface area contributed by atoms with E-state index in [1.807, 2.05) is 30.5 Å². The normalized spacial score (nSPS) is 10.4. The molecular weight excluding hydrogens is 262 g/mol. The van der Waals surface area contributed by atoms with Gasteiger partial charge in [-0.15, -0.1) is 11.8 Å².